The van der Waals surface area contributed by atoms with Crippen LogP contribution in [0.3, 0.4) is 0 Å². The summed E-state index contributed by atoms with van der Waals surface area (Å²) < 4.78 is 13.9. The highest BCUT2D eigenvalue weighted by Crippen LogP contribution is 2.26. The van der Waals surface area contributed by atoms with Crippen LogP contribution in [0, 0.1) is 5.82 Å². The summed E-state index contributed by atoms with van der Waals surface area (Å²) in [6, 6.07) is 13.8. The highest BCUT2D eigenvalue weighted by atomic mass is 19.1. The molecule has 0 saturated carbocycles. The lowest BCUT2D eigenvalue weighted by Crippen LogP contribution is -1.88. The molecule has 0 radical (unpaired) electrons. The third kappa shape index (κ3) is 2.10. The second kappa shape index (κ2) is 4.61. The zero-order valence-electron chi connectivity index (χ0n) is 10.0. The van der Waals surface area contributed by atoms with Crippen LogP contribution >= 0.6 is 0 Å². The van der Waals surface area contributed by atoms with E-state index in [0.29, 0.717) is 17.4 Å². The maximum Gasteiger partial charge on any atom is 0.150 e. The van der Waals surface area contributed by atoms with Crippen molar-refractivity contribution in [1.29, 1.82) is 0 Å². The number of carbonyl (C=O) groups is 1. The van der Waals surface area contributed by atoms with Gasteiger partial charge < -0.3 is 0 Å². The molecule has 19 heavy (non-hydrogen) atoms. The van der Waals surface area contributed by atoms with Crippen LogP contribution < -0.4 is 0 Å². The summed E-state index contributed by atoms with van der Waals surface area (Å²) in [5, 5.41) is 0.957. The minimum absolute atomic E-state index is 0.337. The molecular weight excluding hydrogens is 241 g/mol. The molecule has 3 heteroatoms. The monoisotopic (exact) mass is 251 g/mol. The highest BCUT2D eigenvalue weighted by Gasteiger charge is 2.07. The fourth-order valence-electron chi connectivity index (χ4n) is 2.08. The largest absolute Gasteiger partial charge is 0.298 e. The van der Waals surface area contributed by atoms with Crippen molar-refractivity contribution in [1.82, 2.24) is 4.98 Å². The zero-order chi connectivity index (χ0) is 13.2. The summed E-state index contributed by atoms with van der Waals surface area (Å²) >= 11 is 0. The van der Waals surface area contributed by atoms with Gasteiger partial charge in [0.1, 0.15) is 12.1 Å². The second-order valence-electron chi connectivity index (χ2n) is 4.27. The van der Waals surface area contributed by atoms with Gasteiger partial charge in [0.25, 0.3) is 0 Å². The van der Waals surface area contributed by atoms with E-state index in [1.54, 1.807) is 18.3 Å². The lowest BCUT2D eigenvalue weighted by atomic mass is 10.0. The Morgan fingerprint density at radius 1 is 1.05 bits per heavy atom. The van der Waals surface area contributed by atoms with Gasteiger partial charge in [0.2, 0.25) is 0 Å². The van der Waals surface area contributed by atoms with Crippen LogP contribution in [0.15, 0.2) is 54.7 Å². The molecule has 2 aromatic carbocycles. The molecule has 0 spiro atoms. The van der Waals surface area contributed by atoms with E-state index in [1.165, 1.54) is 6.07 Å². The van der Waals surface area contributed by atoms with Gasteiger partial charge in [-0.2, -0.15) is 0 Å². The Morgan fingerprint density at radius 2 is 1.95 bits per heavy atom. The number of aldehydes is 1. The maximum absolute atomic E-state index is 13.9. The molecule has 0 bridgehead atoms. The molecule has 0 fully saturated rings. The Hall–Kier alpha value is -2.55. The van der Waals surface area contributed by atoms with Crippen molar-refractivity contribution >= 4 is 17.2 Å². The van der Waals surface area contributed by atoms with Gasteiger partial charge in [-0.1, -0.05) is 24.3 Å². The van der Waals surface area contributed by atoms with E-state index >= 15 is 0 Å². The molecule has 92 valence electrons. The van der Waals surface area contributed by atoms with Crippen LogP contribution in [0.25, 0.3) is 22.0 Å². The average Bonchev–Trinajstić information content (AvgIpc) is 2.46. The van der Waals surface area contributed by atoms with E-state index in [4.69, 9.17) is 0 Å². The minimum atomic E-state index is -0.396. The number of aromatic nitrogens is 1. The molecule has 0 aliphatic heterocycles. The molecule has 0 atom stereocenters. The van der Waals surface area contributed by atoms with E-state index in [2.05, 4.69) is 4.98 Å². The molecular formula is C16H10FNO. The summed E-state index contributed by atoms with van der Waals surface area (Å²) in [4.78, 5) is 14.8. The van der Waals surface area contributed by atoms with Gasteiger partial charge in [0.05, 0.1) is 5.52 Å². The fraction of sp³-hybridized carbons (Fsp3) is 0. The highest BCUT2D eigenvalue weighted by molar-refractivity contribution is 5.85. The first-order valence-corrected chi connectivity index (χ1v) is 5.88. The Labute approximate surface area is 109 Å². The topological polar surface area (TPSA) is 30.0 Å². The van der Waals surface area contributed by atoms with Crippen LogP contribution in [0.2, 0.25) is 0 Å². The van der Waals surface area contributed by atoms with Crippen molar-refractivity contribution in [3.63, 3.8) is 0 Å². The minimum Gasteiger partial charge on any atom is -0.298 e. The third-order valence-electron chi connectivity index (χ3n) is 3.04. The molecule has 3 rings (SSSR count). The molecule has 0 aliphatic carbocycles. The molecule has 0 unspecified atom stereocenters. The molecule has 0 amide bonds. The molecule has 2 nitrogen and oxygen atoms in total. The van der Waals surface area contributed by atoms with Crippen LogP contribution in [0.4, 0.5) is 4.39 Å². The smallest absolute Gasteiger partial charge is 0.150 e. The first-order valence-electron chi connectivity index (χ1n) is 5.88. The Balaban J connectivity index is 2.16. The lowest BCUT2D eigenvalue weighted by Gasteiger charge is -2.05. The molecule has 3 aromatic rings. The quantitative estimate of drug-likeness (QED) is 0.647. The van der Waals surface area contributed by atoms with Crippen molar-refractivity contribution in [2.45, 2.75) is 0 Å². The van der Waals surface area contributed by atoms with E-state index < -0.39 is 5.82 Å². The van der Waals surface area contributed by atoms with Gasteiger partial charge in [-0.05, 0) is 29.8 Å². The number of carbonyl (C=O) groups excluding carboxylic acids is 1. The SMILES string of the molecule is O=Cc1ccc(-c2ccc3ncccc3c2)c(F)c1. The summed E-state index contributed by atoms with van der Waals surface area (Å²) in [6.45, 7) is 0. The van der Waals surface area contributed by atoms with Crippen LogP contribution in [0.5, 0.6) is 0 Å². The number of hydrogen-bond acceptors (Lipinski definition) is 2. The molecule has 0 N–H and O–H groups in total. The van der Waals surface area contributed by atoms with Crippen molar-refractivity contribution in [3.05, 3.63) is 66.1 Å². The number of benzene rings is 2. The Kier molecular flexibility index (Phi) is 2.80. The number of pyridine rings is 1. The van der Waals surface area contributed by atoms with Gasteiger partial charge in [-0.3, -0.25) is 9.78 Å². The van der Waals surface area contributed by atoms with Crippen LogP contribution in [-0.2, 0) is 0 Å². The first-order chi connectivity index (χ1) is 9.28. The van der Waals surface area contributed by atoms with Gasteiger partial charge in [-0.15, -0.1) is 0 Å². The van der Waals surface area contributed by atoms with Crippen LogP contribution in [-0.4, -0.2) is 11.3 Å². The van der Waals surface area contributed by atoms with Crippen molar-refractivity contribution in [2.75, 3.05) is 0 Å². The first kappa shape index (κ1) is 11.5. The lowest BCUT2D eigenvalue weighted by molar-refractivity contribution is 0.112. The number of hydrogen-bond donors (Lipinski definition) is 0. The van der Waals surface area contributed by atoms with Gasteiger partial charge >= 0.3 is 0 Å². The number of nitrogens with zero attached hydrogens (tertiary/aromatic N) is 1. The normalized spacial score (nSPS) is 10.6. The predicted octanol–water partition coefficient (Wildman–Crippen LogP) is 3.85. The van der Waals surface area contributed by atoms with Crippen molar-refractivity contribution < 1.29 is 9.18 Å². The van der Waals surface area contributed by atoms with E-state index in [9.17, 15) is 9.18 Å². The molecule has 1 heterocycles. The van der Waals surface area contributed by atoms with E-state index in [1.807, 2.05) is 30.3 Å². The Bertz CT molecular complexity index is 768. The predicted molar refractivity (Wildman–Crippen MR) is 72.5 cm³/mol. The summed E-state index contributed by atoms with van der Waals surface area (Å²) in [6.07, 6.45) is 2.36. The summed E-state index contributed by atoms with van der Waals surface area (Å²) in [7, 11) is 0. The second-order valence-corrected chi connectivity index (χ2v) is 4.27. The third-order valence-corrected chi connectivity index (χ3v) is 3.04. The molecule has 0 saturated heterocycles. The summed E-state index contributed by atoms with van der Waals surface area (Å²) in [5.41, 5.74) is 2.46. The fourth-order valence-corrected chi connectivity index (χ4v) is 2.08. The van der Waals surface area contributed by atoms with Gasteiger partial charge in [-0.25, -0.2) is 4.39 Å². The van der Waals surface area contributed by atoms with Gasteiger partial charge in [0, 0.05) is 22.7 Å². The van der Waals surface area contributed by atoms with Gasteiger partial charge in [0.15, 0.2) is 0 Å². The van der Waals surface area contributed by atoms with E-state index in [0.717, 1.165) is 16.5 Å². The number of rotatable bonds is 2. The summed E-state index contributed by atoms with van der Waals surface area (Å²) in [5.74, 6) is -0.396. The van der Waals surface area contributed by atoms with E-state index in [-0.39, 0.29) is 0 Å². The molecule has 0 aliphatic rings. The number of halogens is 1. The zero-order valence-corrected chi connectivity index (χ0v) is 10.0. The maximum atomic E-state index is 13.9. The number of fused-ring (bicyclic) bond motifs is 1. The van der Waals surface area contributed by atoms with Crippen molar-refractivity contribution in [2.24, 2.45) is 0 Å². The Morgan fingerprint density at radius 3 is 2.74 bits per heavy atom. The average molecular weight is 251 g/mol. The van der Waals surface area contributed by atoms with Crippen molar-refractivity contribution in [3.8, 4) is 11.1 Å². The van der Waals surface area contributed by atoms with Crippen LogP contribution in [0.1, 0.15) is 10.4 Å². The molecule has 1 aromatic heterocycles. The standard InChI is InChI=1S/C16H10FNO/c17-15-8-11(10-19)3-5-14(15)12-4-6-16-13(9-12)2-1-7-18-16/h1-10H.